The zero-order valence-corrected chi connectivity index (χ0v) is 19.5. The summed E-state index contributed by atoms with van der Waals surface area (Å²) < 4.78 is 16.8. The van der Waals surface area contributed by atoms with Crippen molar-refractivity contribution in [2.75, 3.05) is 27.9 Å². The summed E-state index contributed by atoms with van der Waals surface area (Å²) in [5, 5.41) is 1.08. The zero-order valence-electron chi connectivity index (χ0n) is 19.5. The van der Waals surface area contributed by atoms with Crippen molar-refractivity contribution in [3.05, 3.63) is 53.2 Å². The molecule has 4 heterocycles. The van der Waals surface area contributed by atoms with E-state index >= 15 is 0 Å². The van der Waals surface area contributed by atoms with E-state index < -0.39 is 12.1 Å². The number of rotatable bonds is 4. The first-order valence-corrected chi connectivity index (χ1v) is 11.6. The average Bonchev–Trinajstić information content (AvgIpc) is 3.50. The highest BCUT2D eigenvalue weighted by Gasteiger charge is 2.53. The van der Waals surface area contributed by atoms with Crippen molar-refractivity contribution in [2.45, 2.75) is 37.4 Å². The molecule has 0 unspecified atom stereocenters. The van der Waals surface area contributed by atoms with Gasteiger partial charge >= 0.3 is 0 Å². The number of para-hydroxylation sites is 1. The lowest BCUT2D eigenvalue weighted by Gasteiger charge is -2.48. The Balaban J connectivity index is 1.60. The smallest absolute Gasteiger partial charge is 0.246 e. The minimum absolute atomic E-state index is 0.00478. The van der Waals surface area contributed by atoms with Crippen LogP contribution < -0.4 is 14.2 Å². The van der Waals surface area contributed by atoms with Crippen LogP contribution in [0.25, 0.3) is 10.9 Å². The Morgan fingerprint density at radius 2 is 1.68 bits per heavy atom. The van der Waals surface area contributed by atoms with E-state index in [-0.39, 0.29) is 17.9 Å². The summed E-state index contributed by atoms with van der Waals surface area (Å²) in [7, 11) is 4.71. The number of benzene rings is 2. The Labute approximate surface area is 197 Å². The molecule has 34 heavy (non-hydrogen) atoms. The standard InChI is InChI=1S/C26H27N3O5/c1-32-20-11-14(12-21(33-2)24(20)34-3)23-22-16(15-7-4-5-8-17(15)27-22)13-19-25(30)28-10-6-9-18(28)26(31)29(19)23/h4-5,7-8,11-12,18-19,23,27H,6,9-10,13H2,1-3H3/t18-,19-,23-/m0/s1. The van der Waals surface area contributed by atoms with Crippen LogP contribution in [0.1, 0.15) is 35.7 Å². The molecular weight excluding hydrogens is 434 g/mol. The Bertz CT molecular complexity index is 1290. The molecule has 3 aliphatic heterocycles. The third-order valence-electron chi connectivity index (χ3n) is 7.49. The van der Waals surface area contributed by atoms with Gasteiger partial charge in [-0.05, 0) is 42.2 Å². The first-order valence-electron chi connectivity index (χ1n) is 11.6. The van der Waals surface area contributed by atoms with Gasteiger partial charge in [0.05, 0.1) is 27.4 Å². The normalized spacial score (nSPS) is 23.6. The third-order valence-corrected chi connectivity index (χ3v) is 7.49. The maximum absolute atomic E-state index is 13.9. The molecule has 2 fully saturated rings. The van der Waals surface area contributed by atoms with Crippen LogP contribution in [0.5, 0.6) is 17.2 Å². The fourth-order valence-corrected chi connectivity index (χ4v) is 6.01. The maximum Gasteiger partial charge on any atom is 0.246 e. The van der Waals surface area contributed by atoms with E-state index in [1.165, 1.54) is 0 Å². The largest absolute Gasteiger partial charge is 0.493 e. The number of hydrogen-bond donors (Lipinski definition) is 1. The van der Waals surface area contributed by atoms with Crippen LogP contribution in [0.2, 0.25) is 0 Å². The molecule has 8 heteroatoms. The monoisotopic (exact) mass is 461 g/mol. The molecule has 0 saturated carbocycles. The van der Waals surface area contributed by atoms with E-state index in [9.17, 15) is 9.59 Å². The first kappa shape index (κ1) is 20.9. The van der Waals surface area contributed by atoms with Crippen LogP contribution in [0.4, 0.5) is 0 Å². The molecule has 0 radical (unpaired) electrons. The number of ether oxygens (including phenoxy) is 3. The second kappa shape index (κ2) is 7.68. The molecule has 8 nitrogen and oxygen atoms in total. The molecular formula is C26H27N3O5. The molecule has 3 atom stereocenters. The van der Waals surface area contributed by atoms with Gasteiger partial charge in [-0.25, -0.2) is 0 Å². The molecule has 6 rings (SSSR count). The number of aromatic amines is 1. The number of aromatic nitrogens is 1. The van der Waals surface area contributed by atoms with Crippen LogP contribution in [0.3, 0.4) is 0 Å². The average molecular weight is 462 g/mol. The summed E-state index contributed by atoms with van der Waals surface area (Å²) in [5.74, 6) is 1.55. The van der Waals surface area contributed by atoms with E-state index in [4.69, 9.17) is 14.2 Å². The van der Waals surface area contributed by atoms with E-state index in [0.717, 1.165) is 34.1 Å². The Morgan fingerprint density at radius 3 is 2.38 bits per heavy atom. The second-order valence-electron chi connectivity index (χ2n) is 9.08. The third kappa shape index (κ3) is 2.77. The Morgan fingerprint density at radius 1 is 0.941 bits per heavy atom. The van der Waals surface area contributed by atoms with E-state index in [1.807, 2.05) is 30.3 Å². The predicted molar refractivity (Wildman–Crippen MR) is 125 cm³/mol. The van der Waals surface area contributed by atoms with Crippen molar-refractivity contribution >= 4 is 22.7 Å². The van der Waals surface area contributed by atoms with Gasteiger partial charge in [0.2, 0.25) is 17.6 Å². The van der Waals surface area contributed by atoms with Gasteiger partial charge in [0.1, 0.15) is 12.1 Å². The van der Waals surface area contributed by atoms with Gasteiger partial charge in [-0.2, -0.15) is 0 Å². The van der Waals surface area contributed by atoms with E-state index in [1.54, 1.807) is 31.1 Å². The lowest BCUT2D eigenvalue weighted by molar-refractivity contribution is -0.162. The van der Waals surface area contributed by atoms with Gasteiger partial charge < -0.3 is 29.0 Å². The van der Waals surface area contributed by atoms with Gasteiger partial charge in [-0.1, -0.05) is 18.2 Å². The molecule has 2 aromatic carbocycles. The number of piperazine rings is 1. The number of carbonyl (C=O) groups excluding carboxylic acids is 2. The summed E-state index contributed by atoms with van der Waals surface area (Å²) in [6, 6.07) is 10.4. The van der Waals surface area contributed by atoms with E-state index in [2.05, 4.69) is 11.1 Å². The summed E-state index contributed by atoms with van der Waals surface area (Å²) >= 11 is 0. The Kier molecular flexibility index (Phi) is 4.72. The molecule has 3 aliphatic rings. The Hall–Kier alpha value is -3.68. The molecule has 176 valence electrons. The number of nitrogens with one attached hydrogen (secondary N) is 1. The zero-order chi connectivity index (χ0) is 23.6. The molecule has 1 aromatic heterocycles. The number of nitrogens with zero attached hydrogens (tertiary/aromatic N) is 2. The molecule has 1 N–H and O–H groups in total. The number of fused-ring (bicyclic) bond motifs is 5. The van der Waals surface area contributed by atoms with Crippen molar-refractivity contribution < 1.29 is 23.8 Å². The number of H-pyrrole nitrogens is 1. The number of amides is 2. The maximum atomic E-state index is 13.9. The van der Waals surface area contributed by atoms with Crippen molar-refractivity contribution in [3.63, 3.8) is 0 Å². The van der Waals surface area contributed by atoms with Gasteiger partial charge in [-0.3, -0.25) is 9.59 Å². The summed E-state index contributed by atoms with van der Waals surface area (Å²) in [6.07, 6.45) is 2.05. The summed E-state index contributed by atoms with van der Waals surface area (Å²) in [4.78, 5) is 34.6. The first-order chi connectivity index (χ1) is 16.6. The van der Waals surface area contributed by atoms with Gasteiger partial charge in [-0.15, -0.1) is 0 Å². The number of carbonyl (C=O) groups is 2. The van der Waals surface area contributed by atoms with Crippen LogP contribution in [-0.2, 0) is 16.0 Å². The van der Waals surface area contributed by atoms with Crippen LogP contribution >= 0.6 is 0 Å². The molecule has 2 saturated heterocycles. The minimum Gasteiger partial charge on any atom is -0.493 e. The van der Waals surface area contributed by atoms with E-state index in [0.29, 0.717) is 36.6 Å². The summed E-state index contributed by atoms with van der Waals surface area (Å²) in [6.45, 7) is 0.648. The molecule has 0 bridgehead atoms. The second-order valence-corrected chi connectivity index (χ2v) is 9.08. The number of hydrogen-bond acceptors (Lipinski definition) is 5. The van der Waals surface area contributed by atoms with Crippen molar-refractivity contribution in [3.8, 4) is 17.2 Å². The lowest BCUT2D eigenvalue weighted by atomic mass is 9.85. The predicted octanol–water partition coefficient (Wildman–Crippen LogP) is 3.04. The highest BCUT2D eigenvalue weighted by atomic mass is 16.5. The van der Waals surface area contributed by atoms with Gasteiger partial charge in [0, 0.05) is 29.6 Å². The fraction of sp³-hybridized carbons (Fsp3) is 0.385. The van der Waals surface area contributed by atoms with Crippen molar-refractivity contribution in [2.24, 2.45) is 0 Å². The van der Waals surface area contributed by atoms with Crippen molar-refractivity contribution in [1.29, 1.82) is 0 Å². The minimum atomic E-state index is -0.544. The van der Waals surface area contributed by atoms with Crippen LogP contribution in [0, 0.1) is 0 Å². The highest BCUT2D eigenvalue weighted by Crippen LogP contribution is 2.48. The lowest BCUT2D eigenvalue weighted by Crippen LogP contribution is -2.65. The van der Waals surface area contributed by atoms with Crippen LogP contribution in [0.15, 0.2) is 36.4 Å². The van der Waals surface area contributed by atoms with Gasteiger partial charge in [0.15, 0.2) is 11.5 Å². The SMILES string of the molecule is COc1cc([C@H]2c3[nH]c4ccccc4c3C[C@H]3C(=O)N4CCC[C@H]4C(=O)N23)cc(OC)c1OC. The topological polar surface area (TPSA) is 84.1 Å². The van der Waals surface area contributed by atoms with Crippen molar-refractivity contribution in [1.82, 2.24) is 14.8 Å². The quantitative estimate of drug-likeness (QED) is 0.646. The number of methoxy groups -OCH3 is 3. The fourth-order valence-electron chi connectivity index (χ4n) is 6.01. The summed E-state index contributed by atoms with van der Waals surface area (Å²) in [5.41, 5.74) is 3.80. The molecule has 2 amide bonds. The molecule has 3 aromatic rings. The highest BCUT2D eigenvalue weighted by molar-refractivity contribution is 5.99. The molecule has 0 aliphatic carbocycles. The molecule has 0 spiro atoms. The van der Waals surface area contributed by atoms with Crippen LogP contribution in [-0.4, -0.2) is 66.6 Å². The van der Waals surface area contributed by atoms with Gasteiger partial charge in [0.25, 0.3) is 0 Å².